The van der Waals surface area contributed by atoms with Crippen molar-refractivity contribution in [3.8, 4) is 0 Å². The molecule has 256 valence electrons. The average molecular weight is 702 g/mol. The van der Waals surface area contributed by atoms with Crippen LogP contribution in [0.3, 0.4) is 0 Å². The zero-order chi connectivity index (χ0) is 34.6. The number of ether oxygens (including phenoxy) is 1. The van der Waals surface area contributed by atoms with Crippen molar-refractivity contribution >= 4 is 45.0 Å². The largest absolute Gasteiger partial charge is 0.444 e. The molecule has 3 aliphatic carbocycles. The molecule has 2 bridgehead atoms. The Kier molecular flexibility index (Phi) is 9.34. The molecule has 16 heteroatoms. The van der Waals surface area contributed by atoms with Gasteiger partial charge in [0.05, 0.1) is 33.4 Å². The van der Waals surface area contributed by atoms with Gasteiger partial charge in [-0.15, -0.1) is 0 Å². The molecule has 2 aromatic rings. The van der Waals surface area contributed by atoms with Gasteiger partial charge in [0, 0.05) is 36.3 Å². The number of anilines is 1. The highest BCUT2D eigenvalue weighted by Crippen LogP contribution is 2.55. The quantitative estimate of drug-likeness (QED) is 0.317. The van der Waals surface area contributed by atoms with Gasteiger partial charge < -0.3 is 25.6 Å². The van der Waals surface area contributed by atoms with Crippen molar-refractivity contribution in [1.82, 2.24) is 10.2 Å². The zero-order valence-electron chi connectivity index (χ0n) is 25.7. The van der Waals surface area contributed by atoms with Crippen molar-refractivity contribution in [3.05, 3.63) is 58.4 Å². The second kappa shape index (κ2) is 12.6. The van der Waals surface area contributed by atoms with Crippen LogP contribution >= 0.6 is 11.6 Å². The summed E-state index contributed by atoms with van der Waals surface area (Å²) in [5.74, 6) is -7.23. The summed E-state index contributed by atoms with van der Waals surface area (Å²) in [5, 5.41) is 25.4. The first kappa shape index (κ1) is 34.9. The number of hydrogen-bond acceptors (Lipinski definition) is 8. The monoisotopic (exact) mass is 701 g/mol. The fourth-order valence-electron chi connectivity index (χ4n) is 6.60. The second-order valence-corrected chi connectivity index (χ2v) is 16.0. The highest BCUT2D eigenvalue weighted by atomic mass is 35.5. The minimum atomic E-state index is -4.14. The fraction of sp³-hybridized carbons (Fsp3) is 0.516. The van der Waals surface area contributed by atoms with Gasteiger partial charge in [-0.3, -0.25) is 14.5 Å². The van der Waals surface area contributed by atoms with Gasteiger partial charge >= 0.3 is 6.09 Å². The standard InChI is InChI=1S/C31H35ClF3N3O8S/c1-30(2,3)46-29(42)38-13-19(39)12-24(38)28(41)36-14-31(43)16-7-17(31)9-20(8-16)47(44,45)25-6-15(4-5-21(25)32)27(40)37-18-10-22(33)26(35)23(34)11-18/h4-6,10-11,16-17,19-20,24,39,43H,7-9,12-14H2,1-3H3,(H,36,41)(H,37,40)/t16?,17?,19-,20?,24-,31?/m0/s1. The molecule has 47 heavy (non-hydrogen) atoms. The van der Waals surface area contributed by atoms with Gasteiger partial charge in [-0.25, -0.2) is 26.4 Å². The number of carbonyl (C=O) groups is 3. The molecule has 0 spiro atoms. The molecule has 4 atom stereocenters. The van der Waals surface area contributed by atoms with Gasteiger partial charge in [0.2, 0.25) is 5.91 Å². The van der Waals surface area contributed by atoms with Crippen LogP contribution in [0.1, 0.15) is 56.8 Å². The van der Waals surface area contributed by atoms with Crippen LogP contribution < -0.4 is 10.6 Å². The molecule has 2 unspecified atom stereocenters. The number of hydrogen-bond donors (Lipinski definition) is 4. The van der Waals surface area contributed by atoms with Crippen LogP contribution in [-0.2, 0) is 19.4 Å². The molecule has 1 aliphatic heterocycles. The number of likely N-dealkylation sites (tertiary alicyclic amines) is 1. The van der Waals surface area contributed by atoms with E-state index in [-0.39, 0.29) is 53.5 Å². The van der Waals surface area contributed by atoms with E-state index in [0.717, 1.165) is 11.0 Å². The molecule has 4 N–H and O–H groups in total. The molecule has 1 heterocycles. The lowest BCUT2D eigenvalue weighted by Gasteiger charge is -2.58. The lowest BCUT2D eigenvalue weighted by Crippen LogP contribution is -2.66. The van der Waals surface area contributed by atoms with E-state index in [9.17, 15) is 46.2 Å². The Hall–Kier alpha value is -3.40. The van der Waals surface area contributed by atoms with Crippen molar-refractivity contribution in [2.75, 3.05) is 18.4 Å². The molecule has 4 aliphatic rings. The molecular weight excluding hydrogens is 667 g/mol. The number of sulfone groups is 1. The summed E-state index contributed by atoms with van der Waals surface area (Å²) in [5.41, 5.74) is -2.78. The molecule has 3 amide bonds. The molecule has 0 radical (unpaired) electrons. The van der Waals surface area contributed by atoms with E-state index in [1.807, 2.05) is 0 Å². The number of aliphatic hydroxyl groups is 2. The number of carbonyl (C=O) groups excluding carboxylic acids is 3. The number of benzene rings is 2. The molecule has 0 aromatic heterocycles. The van der Waals surface area contributed by atoms with Crippen molar-refractivity contribution in [2.24, 2.45) is 11.8 Å². The maximum absolute atomic E-state index is 13.7. The fourth-order valence-corrected chi connectivity index (χ4v) is 9.00. The first-order chi connectivity index (χ1) is 21.8. The summed E-state index contributed by atoms with van der Waals surface area (Å²) in [6.45, 7) is 4.75. The van der Waals surface area contributed by atoms with Gasteiger partial charge in [0.15, 0.2) is 27.3 Å². The van der Waals surface area contributed by atoms with Gasteiger partial charge in [-0.1, -0.05) is 11.6 Å². The maximum Gasteiger partial charge on any atom is 0.411 e. The Morgan fingerprint density at radius 1 is 1.04 bits per heavy atom. The van der Waals surface area contributed by atoms with Crippen molar-refractivity contribution in [2.45, 2.75) is 79.9 Å². The van der Waals surface area contributed by atoms with Crippen LogP contribution in [0, 0.1) is 29.3 Å². The van der Waals surface area contributed by atoms with Crippen LogP contribution in [-0.4, -0.2) is 83.1 Å². The first-order valence-corrected chi connectivity index (χ1v) is 16.9. The third-order valence-corrected chi connectivity index (χ3v) is 11.7. The lowest BCUT2D eigenvalue weighted by atomic mass is 9.53. The summed E-state index contributed by atoms with van der Waals surface area (Å²) >= 11 is 6.25. The van der Waals surface area contributed by atoms with E-state index in [1.54, 1.807) is 20.8 Å². The average Bonchev–Trinajstić information content (AvgIpc) is 3.39. The predicted molar refractivity (Wildman–Crippen MR) is 163 cm³/mol. The maximum atomic E-state index is 13.7. The molecule has 6 rings (SSSR count). The van der Waals surface area contributed by atoms with Gasteiger partial charge in [0.25, 0.3) is 5.91 Å². The lowest BCUT2D eigenvalue weighted by molar-refractivity contribution is -0.174. The zero-order valence-corrected chi connectivity index (χ0v) is 27.3. The highest BCUT2D eigenvalue weighted by molar-refractivity contribution is 7.92. The van der Waals surface area contributed by atoms with Crippen molar-refractivity contribution in [3.63, 3.8) is 0 Å². The number of nitrogens with zero attached hydrogens (tertiary/aromatic N) is 1. The van der Waals surface area contributed by atoms with E-state index in [4.69, 9.17) is 16.3 Å². The predicted octanol–water partition coefficient (Wildman–Crippen LogP) is 3.80. The summed E-state index contributed by atoms with van der Waals surface area (Å²) in [4.78, 5) is 39.3. The Balaban J connectivity index is 1.24. The topological polar surface area (TPSA) is 162 Å². The van der Waals surface area contributed by atoms with Crippen LogP contribution in [0.25, 0.3) is 0 Å². The summed E-state index contributed by atoms with van der Waals surface area (Å²) in [6, 6.07) is 3.61. The molecule has 2 aromatic carbocycles. The van der Waals surface area contributed by atoms with Crippen LogP contribution in [0.15, 0.2) is 35.2 Å². The van der Waals surface area contributed by atoms with E-state index in [1.165, 1.54) is 12.1 Å². The molecule has 11 nitrogen and oxygen atoms in total. The van der Waals surface area contributed by atoms with Crippen molar-refractivity contribution < 1.29 is 50.9 Å². The minimum absolute atomic E-state index is 0.00774. The van der Waals surface area contributed by atoms with E-state index in [0.29, 0.717) is 18.6 Å². The number of amides is 3. The van der Waals surface area contributed by atoms with E-state index >= 15 is 0 Å². The summed E-state index contributed by atoms with van der Waals surface area (Å²) < 4.78 is 73.3. The van der Waals surface area contributed by atoms with E-state index in [2.05, 4.69) is 10.6 Å². The second-order valence-electron chi connectivity index (χ2n) is 13.4. The third-order valence-electron chi connectivity index (χ3n) is 9.01. The summed E-state index contributed by atoms with van der Waals surface area (Å²) in [6.07, 6.45) is -1.09. The number of rotatable bonds is 7. The van der Waals surface area contributed by atoms with Gasteiger partial charge in [0.1, 0.15) is 11.6 Å². The smallest absolute Gasteiger partial charge is 0.411 e. The Morgan fingerprint density at radius 3 is 2.26 bits per heavy atom. The van der Waals surface area contributed by atoms with E-state index < -0.39 is 85.6 Å². The van der Waals surface area contributed by atoms with Crippen LogP contribution in [0.2, 0.25) is 5.02 Å². The van der Waals surface area contributed by atoms with Gasteiger partial charge in [-0.2, -0.15) is 0 Å². The highest BCUT2D eigenvalue weighted by Gasteiger charge is 2.60. The summed E-state index contributed by atoms with van der Waals surface area (Å²) in [7, 11) is -4.14. The molecule has 4 fully saturated rings. The number of aliphatic hydroxyl groups excluding tert-OH is 1. The third kappa shape index (κ3) is 6.94. The van der Waals surface area contributed by atoms with Crippen LogP contribution in [0.5, 0.6) is 0 Å². The Labute approximate surface area is 274 Å². The molecule has 1 saturated heterocycles. The first-order valence-electron chi connectivity index (χ1n) is 15.0. The normalized spacial score (nSPS) is 27.2. The van der Waals surface area contributed by atoms with Gasteiger partial charge in [-0.05, 0) is 70.1 Å². The molecular formula is C31H35ClF3N3O8S. The molecule has 3 saturated carbocycles. The van der Waals surface area contributed by atoms with Crippen molar-refractivity contribution in [1.29, 1.82) is 0 Å². The Morgan fingerprint density at radius 2 is 1.66 bits per heavy atom. The van der Waals surface area contributed by atoms with Crippen LogP contribution in [0.4, 0.5) is 23.7 Å². The Bertz CT molecular complexity index is 1680. The number of halogens is 4. The minimum Gasteiger partial charge on any atom is -0.444 e. The number of β-amino-alcohol motifs (C(OH)–C–C–N with tert-alkyl or cyclic N) is 1. The number of fused-ring (bicyclic) bond motifs is 2. The SMILES string of the molecule is CC(C)(C)OC(=O)N1C[C@@H](O)C[C@H]1C(=O)NCC1(O)C2CC1CC(S(=O)(=O)c1cc(C(=O)Nc3cc(F)c(F)c(F)c3)ccc1Cl)C2. The number of nitrogens with one attached hydrogen (secondary N) is 2.